The predicted octanol–water partition coefficient (Wildman–Crippen LogP) is 1.39. The molecule has 3 nitrogen and oxygen atoms in total. The molecule has 2 unspecified atom stereocenters. The van der Waals surface area contributed by atoms with Crippen LogP contribution in [-0.4, -0.2) is 56.1 Å². The van der Waals surface area contributed by atoms with Crippen molar-refractivity contribution in [3.8, 4) is 0 Å². The summed E-state index contributed by atoms with van der Waals surface area (Å²) in [5.41, 5.74) is 5.92. The summed E-state index contributed by atoms with van der Waals surface area (Å²) in [7, 11) is 2.24. The van der Waals surface area contributed by atoms with Gasteiger partial charge in [0.2, 0.25) is 0 Å². The van der Waals surface area contributed by atoms with Gasteiger partial charge in [-0.15, -0.1) is 0 Å². The van der Waals surface area contributed by atoms with E-state index in [4.69, 9.17) is 5.73 Å². The Bertz CT molecular complexity index is 220. The predicted molar refractivity (Wildman–Crippen MR) is 73.1 cm³/mol. The summed E-state index contributed by atoms with van der Waals surface area (Å²) in [6.07, 6.45) is 6.94. The van der Waals surface area contributed by atoms with Crippen LogP contribution in [0.4, 0.5) is 0 Å². The first-order chi connectivity index (χ1) is 8.29. The number of hydrogen-bond donors (Lipinski definition) is 1. The van der Waals surface area contributed by atoms with Crippen molar-refractivity contribution in [2.75, 3.05) is 46.3 Å². The molecule has 0 aromatic rings. The quantitative estimate of drug-likeness (QED) is 0.808. The fourth-order valence-electron chi connectivity index (χ4n) is 3.45. The van der Waals surface area contributed by atoms with Crippen LogP contribution in [0.15, 0.2) is 0 Å². The molecular formula is C14H29N3. The first-order valence-electron chi connectivity index (χ1n) is 7.40. The smallest absolute Gasteiger partial charge is 0.0109 e. The van der Waals surface area contributed by atoms with Crippen molar-refractivity contribution in [1.29, 1.82) is 0 Å². The van der Waals surface area contributed by atoms with Crippen molar-refractivity contribution in [3.63, 3.8) is 0 Å². The Hall–Kier alpha value is -0.120. The molecular weight excluding hydrogens is 210 g/mol. The Morgan fingerprint density at radius 2 is 1.71 bits per heavy atom. The summed E-state index contributed by atoms with van der Waals surface area (Å²) in [6, 6.07) is 0. The van der Waals surface area contributed by atoms with Crippen LogP contribution in [-0.2, 0) is 0 Å². The van der Waals surface area contributed by atoms with E-state index in [1.54, 1.807) is 0 Å². The minimum absolute atomic E-state index is 0.796. The van der Waals surface area contributed by atoms with Gasteiger partial charge in [0.05, 0.1) is 0 Å². The fraction of sp³-hybridized carbons (Fsp3) is 1.00. The lowest BCUT2D eigenvalue weighted by molar-refractivity contribution is 0.157. The average Bonchev–Trinajstić information content (AvgIpc) is 2.55. The molecule has 2 fully saturated rings. The van der Waals surface area contributed by atoms with E-state index in [0.717, 1.165) is 18.4 Å². The van der Waals surface area contributed by atoms with E-state index in [1.165, 1.54) is 64.8 Å². The average molecular weight is 239 g/mol. The Balaban J connectivity index is 1.81. The highest BCUT2D eigenvalue weighted by molar-refractivity contribution is 4.80. The van der Waals surface area contributed by atoms with Crippen LogP contribution in [0.5, 0.6) is 0 Å². The number of rotatable bonds is 3. The highest BCUT2D eigenvalue weighted by Gasteiger charge is 2.26. The van der Waals surface area contributed by atoms with E-state index < -0.39 is 0 Å². The van der Waals surface area contributed by atoms with Crippen molar-refractivity contribution in [3.05, 3.63) is 0 Å². The summed E-state index contributed by atoms with van der Waals surface area (Å²) in [4.78, 5) is 5.14. The van der Waals surface area contributed by atoms with E-state index >= 15 is 0 Å². The second-order valence-corrected chi connectivity index (χ2v) is 6.00. The van der Waals surface area contributed by atoms with E-state index in [9.17, 15) is 0 Å². The van der Waals surface area contributed by atoms with Gasteiger partial charge in [-0.05, 0) is 57.8 Å². The summed E-state index contributed by atoms with van der Waals surface area (Å²) >= 11 is 0. The lowest BCUT2D eigenvalue weighted by atomic mass is 9.79. The van der Waals surface area contributed by atoms with Crippen LogP contribution in [0, 0.1) is 11.8 Å². The maximum atomic E-state index is 5.92. The number of nitrogens with two attached hydrogens (primary N) is 1. The topological polar surface area (TPSA) is 32.5 Å². The number of likely N-dealkylation sites (N-methyl/N-ethyl adjacent to an activating group) is 1. The molecule has 0 spiro atoms. The maximum absolute atomic E-state index is 5.92. The van der Waals surface area contributed by atoms with Gasteiger partial charge in [0.25, 0.3) is 0 Å². The van der Waals surface area contributed by atoms with E-state index in [0.29, 0.717) is 0 Å². The van der Waals surface area contributed by atoms with Crippen LogP contribution in [0.25, 0.3) is 0 Å². The van der Waals surface area contributed by atoms with Gasteiger partial charge >= 0.3 is 0 Å². The SMILES string of the molecule is CN1CCCN(CC2CCCCC2CN)CC1. The zero-order chi connectivity index (χ0) is 12.1. The van der Waals surface area contributed by atoms with Crippen LogP contribution < -0.4 is 5.73 Å². The molecule has 1 saturated carbocycles. The molecule has 17 heavy (non-hydrogen) atoms. The zero-order valence-electron chi connectivity index (χ0n) is 11.4. The second kappa shape index (κ2) is 6.72. The first kappa shape index (κ1) is 13.3. The zero-order valence-corrected chi connectivity index (χ0v) is 11.4. The highest BCUT2D eigenvalue weighted by atomic mass is 15.2. The monoisotopic (exact) mass is 239 g/mol. The molecule has 3 heteroatoms. The Kier molecular flexibility index (Phi) is 5.26. The van der Waals surface area contributed by atoms with Gasteiger partial charge in [0, 0.05) is 19.6 Å². The fourth-order valence-corrected chi connectivity index (χ4v) is 3.45. The van der Waals surface area contributed by atoms with Crippen molar-refractivity contribution in [1.82, 2.24) is 9.80 Å². The van der Waals surface area contributed by atoms with Crippen molar-refractivity contribution >= 4 is 0 Å². The second-order valence-electron chi connectivity index (χ2n) is 6.00. The van der Waals surface area contributed by atoms with E-state index in [-0.39, 0.29) is 0 Å². The van der Waals surface area contributed by atoms with Gasteiger partial charge in [0.1, 0.15) is 0 Å². The summed E-state index contributed by atoms with van der Waals surface area (Å²) in [5, 5.41) is 0. The normalized spacial score (nSPS) is 33.5. The molecule has 0 amide bonds. The lowest BCUT2D eigenvalue weighted by Gasteiger charge is -2.34. The van der Waals surface area contributed by atoms with E-state index in [1.807, 2.05) is 0 Å². The molecule has 2 atom stereocenters. The molecule has 0 aromatic heterocycles. The number of hydrogen-bond acceptors (Lipinski definition) is 3. The number of nitrogens with zero attached hydrogens (tertiary/aromatic N) is 2. The molecule has 2 aliphatic rings. The lowest BCUT2D eigenvalue weighted by Crippen LogP contribution is -2.38. The standard InChI is InChI=1S/C14H29N3/c1-16-7-4-8-17(10-9-16)12-14-6-3-2-5-13(14)11-15/h13-14H,2-12,15H2,1H3. The van der Waals surface area contributed by atoms with Crippen molar-refractivity contribution in [2.45, 2.75) is 32.1 Å². The molecule has 1 saturated heterocycles. The van der Waals surface area contributed by atoms with Gasteiger partial charge in [0.15, 0.2) is 0 Å². The molecule has 0 bridgehead atoms. The first-order valence-corrected chi connectivity index (χ1v) is 7.40. The van der Waals surface area contributed by atoms with Crippen molar-refractivity contribution in [2.24, 2.45) is 17.6 Å². The van der Waals surface area contributed by atoms with Crippen LogP contribution >= 0.6 is 0 Å². The van der Waals surface area contributed by atoms with Gasteiger partial charge in [-0.3, -0.25) is 0 Å². The van der Waals surface area contributed by atoms with Crippen LogP contribution in [0.2, 0.25) is 0 Å². The molecule has 2 N–H and O–H groups in total. The third-order valence-electron chi connectivity index (χ3n) is 4.67. The molecule has 2 rings (SSSR count). The molecule has 0 radical (unpaired) electrons. The summed E-state index contributed by atoms with van der Waals surface area (Å²) < 4.78 is 0. The summed E-state index contributed by atoms with van der Waals surface area (Å²) in [6.45, 7) is 7.25. The van der Waals surface area contributed by atoms with Gasteiger partial charge in [-0.25, -0.2) is 0 Å². The summed E-state index contributed by atoms with van der Waals surface area (Å²) in [5.74, 6) is 1.67. The largest absolute Gasteiger partial charge is 0.330 e. The Morgan fingerprint density at radius 1 is 0.941 bits per heavy atom. The van der Waals surface area contributed by atoms with Gasteiger partial charge in [-0.1, -0.05) is 12.8 Å². The maximum Gasteiger partial charge on any atom is 0.0109 e. The van der Waals surface area contributed by atoms with Gasteiger partial charge in [-0.2, -0.15) is 0 Å². The minimum Gasteiger partial charge on any atom is -0.330 e. The third kappa shape index (κ3) is 3.94. The van der Waals surface area contributed by atoms with Crippen LogP contribution in [0.3, 0.4) is 0 Å². The van der Waals surface area contributed by atoms with E-state index in [2.05, 4.69) is 16.8 Å². The molecule has 100 valence electrons. The van der Waals surface area contributed by atoms with Crippen molar-refractivity contribution < 1.29 is 0 Å². The Labute approximate surface area is 106 Å². The molecule has 1 aliphatic carbocycles. The third-order valence-corrected chi connectivity index (χ3v) is 4.67. The van der Waals surface area contributed by atoms with Gasteiger partial charge < -0.3 is 15.5 Å². The molecule has 1 aliphatic heterocycles. The highest BCUT2D eigenvalue weighted by Crippen LogP contribution is 2.30. The Morgan fingerprint density at radius 3 is 2.47 bits per heavy atom. The minimum atomic E-state index is 0.796. The molecule has 1 heterocycles. The molecule has 0 aromatic carbocycles. The van der Waals surface area contributed by atoms with Crippen LogP contribution in [0.1, 0.15) is 32.1 Å².